The van der Waals surface area contributed by atoms with Gasteiger partial charge in [-0.05, 0) is 12.5 Å². The number of aromatic nitrogens is 2. The molecule has 0 fully saturated rings. The van der Waals surface area contributed by atoms with Gasteiger partial charge in [-0.3, -0.25) is 19.1 Å². The molecule has 1 aromatic heterocycles. The Labute approximate surface area is 162 Å². The molecule has 0 saturated carbocycles. The molecule has 0 bridgehead atoms. The fraction of sp³-hybridized carbons (Fsp3) is 0.235. The zero-order chi connectivity index (χ0) is 21.6. The zero-order valence-electron chi connectivity index (χ0n) is 15.0. The van der Waals surface area contributed by atoms with Crippen molar-refractivity contribution in [1.82, 2.24) is 20.2 Å². The van der Waals surface area contributed by atoms with E-state index >= 15 is 0 Å². The Hall–Kier alpha value is -3.96. The predicted octanol–water partition coefficient (Wildman–Crippen LogP) is -0.310. The van der Waals surface area contributed by atoms with Gasteiger partial charge in [0.1, 0.15) is 12.6 Å². The van der Waals surface area contributed by atoms with Gasteiger partial charge in [-0.2, -0.15) is 4.39 Å². The van der Waals surface area contributed by atoms with Gasteiger partial charge < -0.3 is 20.5 Å². The second-order valence-electron chi connectivity index (χ2n) is 5.82. The molecule has 0 aliphatic carbocycles. The van der Waals surface area contributed by atoms with Gasteiger partial charge in [-0.1, -0.05) is 30.3 Å². The highest BCUT2D eigenvalue weighted by Crippen LogP contribution is 2.02. The number of alkyl carbamates (subject to hydrolysis) is 1. The quantitative estimate of drug-likeness (QED) is 0.489. The van der Waals surface area contributed by atoms with Gasteiger partial charge >= 0.3 is 17.8 Å². The number of hydrogen-bond donors (Lipinski definition) is 4. The van der Waals surface area contributed by atoms with E-state index in [1.807, 2.05) is 5.32 Å². The maximum atomic E-state index is 13.4. The van der Waals surface area contributed by atoms with Crippen molar-refractivity contribution >= 4 is 18.0 Å². The average Bonchev–Trinajstić information content (AvgIpc) is 2.68. The number of carbonyl (C=O) groups is 3. The molecule has 0 saturated heterocycles. The number of aromatic amines is 1. The molecule has 1 unspecified atom stereocenters. The fourth-order valence-electron chi connectivity index (χ4n) is 2.17. The fourth-order valence-corrected chi connectivity index (χ4v) is 2.17. The highest BCUT2D eigenvalue weighted by molar-refractivity contribution is 5.88. The predicted molar refractivity (Wildman–Crippen MR) is 95.3 cm³/mol. The second kappa shape index (κ2) is 9.30. The Balaban J connectivity index is 2.01. The molecule has 0 spiro atoms. The first-order valence-electron chi connectivity index (χ1n) is 8.20. The molecule has 11 nitrogen and oxygen atoms in total. The van der Waals surface area contributed by atoms with E-state index in [0.29, 0.717) is 11.8 Å². The van der Waals surface area contributed by atoms with Crippen molar-refractivity contribution in [2.45, 2.75) is 25.7 Å². The summed E-state index contributed by atoms with van der Waals surface area (Å²) in [6.45, 7) is 1.19. The summed E-state index contributed by atoms with van der Waals surface area (Å²) in [6, 6.07) is 7.49. The van der Waals surface area contributed by atoms with E-state index in [4.69, 9.17) is 4.74 Å². The van der Waals surface area contributed by atoms with E-state index in [1.165, 1.54) is 6.92 Å². The minimum absolute atomic E-state index is 0.0508. The number of carboxylic acids is 1. The lowest BCUT2D eigenvalue weighted by molar-refractivity contribution is -0.145. The van der Waals surface area contributed by atoms with E-state index in [9.17, 15) is 33.5 Å². The summed E-state index contributed by atoms with van der Waals surface area (Å²) in [4.78, 5) is 59.7. The van der Waals surface area contributed by atoms with Crippen molar-refractivity contribution in [3.63, 3.8) is 0 Å². The van der Waals surface area contributed by atoms with Crippen molar-refractivity contribution in [3.05, 3.63) is 68.7 Å². The topological polar surface area (TPSA) is 160 Å². The van der Waals surface area contributed by atoms with Crippen molar-refractivity contribution in [3.8, 4) is 0 Å². The Morgan fingerprint density at radius 3 is 2.48 bits per heavy atom. The first kappa shape index (κ1) is 21.3. The lowest BCUT2D eigenvalue weighted by Crippen LogP contribution is -2.51. The van der Waals surface area contributed by atoms with E-state index in [0.717, 1.165) is 0 Å². The van der Waals surface area contributed by atoms with Crippen LogP contribution in [0.3, 0.4) is 0 Å². The molecule has 29 heavy (non-hydrogen) atoms. The van der Waals surface area contributed by atoms with Crippen LogP contribution in [-0.2, 0) is 20.9 Å². The van der Waals surface area contributed by atoms with Gasteiger partial charge in [0.05, 0.1) is 6.20 Å². The molecule has 0 aliphatic heterocycles. The highest BCUT2D eigenvalue weighted by Gasteiger charge is 2.27. The monoisotopic (exact) mass is 408 g/mol. The lowest BCUT2D eigenvalue weighted by atomic mass is 10.2. The number of hydrogen-bond acceptors (Lipinski definition) is 6. The standard InChI is InChI=1S/C17H17FN4O7/c1-9(19-17(28)29-8-10-5-3-2-4-6-10)13(23)20-12(15(25)26)22-7-11(18)14(24)21-16(22)27/h2-7,9,12H,8H2,1H3,(H,19,28)(H,20,23)(H,25,26)(H,21,24,27)/t9-,12?/m0/s1. The van der Waals surface area contributed by atoms with Gasteiger partial charge in [0.2, 0.25) is 17.9 Å². The van der Waals surface area contributed by atoms with Crippen LogP contribution >= 0.6 is 0 Å². The van der Waals surface area contributed by atoms with Gasteiger partial charge in [-0.25, -0.2) is 14.4 Å². The van der Waals surface area contributed by atoms with Gasteiger partial charge in [0.15, 0.2) is 0 Å². The lowest BCUT2D eigenvalue weighted by Gasteiger charge is -2.20. The van der Waals surface area contributed by atoms with Crippen LogP contribution in [0.5, 0.6) is 0 Å². The normalized spacial score (nSPS) is 12.5. The maximum absolute atomic E-state index is 13.4. The minimum Gasteiger partial charge on any atom is -0.478 e. The third-order valence-corrected chi connectivity index (χ3v) is 3.66. The number of carboxylic acid groups (broad SMARTS) is 1. The Morgan fingerprint density at radius 1 is 1.21 bits per heavy atom. The molecule has 2 amide bonds. The van der Waals surface area contributed by atoms with Gasteiger partial charge in [0, 0.05) is 0 Å². The van der Waals surface area contributed by atoms with Crippen LogP contribution in [0.25, 0.3) is 0 Å². The first-order valence-corrected chi connectivity index (χ1v) is 8.20. The maximum Gasteiger partial charge on any atom is 0.408 e. The summed E-state index contributed by atoms with van der Waals surface area (Å²) >= 11 is 0. The number of nitrogens with zero attached hydrogens (tertiary/aromatic N) is 1. The number of nitrogens with one attached hydrogen (secondary N) is 3. The SMILES string of the molecule is C[C@H](NC(=O)OCc1ccccc1)C(=O)NC(C(=O)O)n1cc(F)c(=O)[nH]c1=O. The van der Waals surface area contributed by atoms with Crippen LogP contribution in [0.1, 0.15) is 18.7 Å². The summed E-state index contributed by atoms with van der Waals surface area (Å²) in [5, 5.41) is 13.4. The van der Waals surface area contributed by atoms with Crippen LogP contribution in [0.4, 0.5) is 9.18 Å². The summed E-state index contributed by atoms with van der Waals surface area (Å²) in [5.74, 6) is -4.11. The van der Waals surface area contributed by atoms with Crippen molar-refractivity contribution in [1.29, 1.82) is 0 Å². The van der Waals surface area contributed by atoms with Crippen LogP contribution in [-0.4, -0.2) is 38.7 Å². The molecular weight excluding hydrogens is 391 g/mol. The minimum atomic E-state index is -2.02. The van der Waals surface area contributed by atoms with Crippen molar-refractivity contribution in [2.24, 2.45) is 0 Å². The number of amides is 2. The molecular formula is C17H17FN4O7. The number of rotatable bonds is 7. The van der Waals surface area contributed by atoms with E-state index < -0.39 is 47.2 Å². The number of ether oxygens (including phenoxy) is 1. The summed E-state index contributed by atoms with van der Waals surface area (Å²) in [7, 11) is 0. The third-order valence-electron chi connectivity index (χ3n) is 3.66. The molecule has 0 aliphatic rings. The largest absolute Gasteiger partial charge is 0.478 e. The first-order chi connectivity index (χ1) is 13.7. The summed E-state index contributed by atoms with van der Waals surface area (Å²) in [5.41, 5.74) is -1.87. The average molecular weight is 408 g/mol. The third kappa shape index (κ3) is 5.76. The van der Waals surface area contributed by atoms with Crippen LogP contribution in [0.15, 0.2) is 46.1 Å². The van der Waals surface area contributed by atoms with Gasteiger partial charge in [-0.15, -0.1) is 0 Å². The Bertz CT molecular complexity index is 1020. The number of carbonyl (C=O) groups excluding carboxylic acids is 2. The summed E-state index contributed by atoms with van der Waals surface area (Å²) in [6.07, 6.45) is -2.60. The highest BCUT2D eigenvalue weighted by atomic mass is 19.1. The van der Waals surface area contributed by atoms with E-state index in [1.54, 1.807) is 35.3 Å². The van der Waals surface area contributed by atoms with Crippen molar-refractivity contribution < 1.29 is 28.6 Å². The Kier molecular flexibility index (Phi) is 6.85. The molecule has 0 radical (unpaired) electrons. The number of H-pyrrole nitrogens is 1. The molecule has 2 rings (SSSR count). The van der Waals surface area contributed by atoms with E-state index in [-0.39, 0.29) is 11.2 Å². The smallest absolute Gasteiger partial charge is 0.408 e. The van der Waals surface area contributed by atoms with Crippen LogP contribution in [0, 0.1) is 5.82 Å². The molecule has 1 aromatic carbocycles. The number of aliphatic carboxylic acids is 1. The van der Waals surface area contributed by atoms with Crippen LogP contribution in [0.2, 0.25) is 0 Å². The zero-order valence-corrected chi connectivity index (χ0v) is 15.0. The molecule has 1 heterocycles. The molecule has 2 atom stereocenters. The van der Waals surface area contributed by atoms with E-state index in [2.05, 4.69) is 5.32 Å². The van der Waals surface area contributed by atoms with Gasteiger partial charge in [0.25, 0.3) is 5.56 Å². The summed E-state index contributed by atoms with van der Waals surface area (Å²) < 4.78 is 18.6. The van der Waals surface area contributed by atoms with Crippen LogP contribution < -0.4 is 21.9 Å². The number of halogens is 1. The second-order valence-corrected chi connectivity index (χ2v) is 5.82. The van der Waals surface area contributed by atoms with Crippen molar-refractivity contribution in [2.75, 3.05) is 0 Å². The number of benzene rings is 1. The molecule has 154 valence electrons. The molecule has 12 heteroatoms. The Morgan fingerprint density at radius 2 is 1.86 bits per heavy atom. The molecule has 4 N–H and O–H groups in total. The molecule has 2 aromatic rings.